The molecule has 15 heavy (non-hydrogen) atoms. The third-order valence-corrected chi connectivity index (χ3v) is 2.43. The molecule has 0 saturated heterocycles. The fourth-order valence-corrected chi connectivity index (χ4v) is 1.64. The van der Waals surface area contributed by atoms with E-state index in [4.69, 9.17) is 11.6 Å². The van der Waals surface area contributed by atoms with Gasteiger partial charge in [-0.3, -0.25) is 0 Å². The lowest BCUT2D eigenvalue weighted by Gasteiger charge is -2.14. The predicted molar refractivity (Wildman–Crippen MR) is 59.5 cm³/mol. The molecular weight excluding hydrogens is 217 g/mol. The van der Waals surface area contributed by atoms with Crippen LogP contribution in [0.25, 0.3) is 0 Å². The van der Waals surface area contributed by atoms with Gasteiger partial charge in [-0.2, -0.15) is 0 Å². The first-order valence-corrected chi connectivity index (χ1v) is 5.37. The summed E-state index contributed by atoms with van der Waals surface area (Å²) in [5.74, 6) is -0.465. The van der Waals surface area contributed by atoms with Crippen LogP contribution < -0.4 is 5.32 Å². The first kappa shape index (κ1) is 12.4. The molecule has 2 nitrogen and oxygen atoms in total. The summed E-state index contributed by atoms with van der Waals surface area (Å²) in [6.07, 6.45) is 0.0720. The first-order chi connectivity index (χ1) is 7.16. The topological polar surface area (TPSA) is 32.3 Å². The number of benzene rings is 1. The molecule has 0 aliphatic rings. The summed E-state index contributed by atoms with van der Waals surface area (Å²) in [4.78, 5) is 0. The van der Waals surface area contributed by atoms with E-state index in [1.54, 1.807) is 6.07 Å². The minimum atomic E-state index is -0.898. The molecule has 0 aliphatic heterocycles. The predicted octanol–water partition coefficient (Wildman–Crippen LogP) is 2.51. The molecule has 0 saturated carbocycles. The van der Waals surface area contributed by atoms with Crippen LogP contribution in [0.3, 0.4) is 0 Å². The molecule has 1 aromatic carbocycles. The molecule has 1 rings (SSSR count). The highest BCUT2D eigenvalue weighted by atomic mass is 35.5. The number of hydrogen-bond donors (Lipinski definition) is 2. The maximum absolute atomic E-state index is 13.3. The third kappa shape index (κ3) is 3.45. The van der Waals surface area contributed by atoms with E-state index in [0.717, 1.165) is 13.0 Å². The summed E-state index contributed by atoms with van der Waals surface area (Å²) in [7, 11) is 0. The van der Waals surface area contributed by atoms with Gasteiger partial charge in [0.2, 0.25) is 0 Å². The largest absolute Gasteiger partial charge is 0.387 e. The third-order valence-electron chi connectivity index (χ3n) is 2.10. The lowest BCUT2D eigenvalue weighted by Crippen LogP contribution is -2.22. The van der Waals surface area contributed by atoms with Crippen LogP contribution >= 0.6 is 11.6 Å². The van der Waals surface area contributed by atoms with Crippen LogP contribution in [0.4, 0.5) is 4.39 Å². The number of rotatable bonds is 5. The Morgan fingerprint density at radius 3 is 2.87 bits per heavy atom. The van der Waals surface area contributed by atoms with Crippen LogP contribution in [0.1, 0.15) is 25.0 Å². The van der Waals surface area contributed by atoms with Gasteiger partial charge < -0.3 is 10.4 Å². The molecule has 0 fully saturated rings. The second-order valence-corrected chi connectivity index (χ2v) is 3.76. The van der Waals surface area contributed by atoms with Gasteiger partial charge in [0.15, 0.2) is 0 Å². The number of halogens is 2. The Morgan fingerprint density at radius 2 is 2.27 bits per heavy atom. The minimum Gasteiger partial charge on any atom is -0.387 e. The quantitative estimate of drug-likeness (QED) is 0.764. The van der Waals surface area contributed by atoms with Gasteiger partial charge in [-0.15, -0.1) is 0 Å². The van der Waals surface area contributed by atoms with E-state index in [2.05, 4.69) is 5.32 Å². The summed E-state index contributed by atoms with van der Waals surface area (Å²) in [5.41, 5.74) is 0.169. The zero-order valence-electron chi connectivity index (χ0n) is 8.63. The molecule has 0 bridgehead atoms. The van der Waals surface area contributed by atoms with Crippen LogP contribution in [-0.2, 0) is 0 Å². The molecule has 0 aromatic heterocycles. The maximum Gasteiger partial charge on any atom is 0.130 e. The van der Waals surface area contributed by atoms with Gasteiger partial charge in [-0.25, -0.2) is 4.39 Å². The number of aliphatic hydroxyl groups excluding tert-OH is 1. The van der Waals surface area contributed by atoms with Crippen LogP contribution in [-0.4, -0.2) is 18.2 Å². The van der Waals surface area contributed by atoms with Gasteiger partial charge in [0, 0.05) is 17.1 Å². The van der Waals surface area contributed by atoms with Crippen molar-refractivity contribution in [3.63, 3.8) is 0 Å². The van der Waals surface area contributed by atoms with E-state index in [1.807, 2.05) is 6.92 Å². The van der Waals surface area contributed by atoms with Gasteiger partial charge in [0.05, 0.1) is 6.10 Å². The highest BCUT2D eigenvalue weighted by Crippen LogP contribution is 2.25. The van der Waals surface area contributed by atoms with Crippen molar-refractivity contribution in [3.05, 3.63) is 34.6 Å². The smallest absolute Gasteiger partial charge is 0.130 e. The summed E-state index contributed by atoms with van der Waals surface area (Å²) >= 11 is 5.81. The van der Waals surface area contributed by atoms with Crippen molar-refractivity contribution in [2.24, 2.45) is 0 Å². The number of hydrogen-bond acceptors (Lipinski definition) is 2. The monoisotopic (exact) mass is 231 g/mol. The van der Waals surface area contributed by atoms with Gasteiger partial charge in [0.1, 0.15) is 5.82 Å². The van der Waals surface area contributed by atoms with Crippen molar-refractivity contribution in [2.45, 2.75) is 19.4 Å². The van der Waals surface area contributed by atoms with Crippen molar-refractivity contribution in [1.82, 2.24) is 5.32 Å². The van der Waals surface area contributed by atoms with Gasteiger partial charge in [0.25, 0.3) is 0 Å². The van der Waals surface area contributed by atoms with Crippen molar-refractivity contribution in [2.75, 3.05) is 13.1 Å². The Morgan fingerprint density at radius 1 is 1.53 bits per heavy atom. The van der Waals surface area contributed by atoms with Gasteiger partial charge in [-0.05, 0) is 25.1 Å². The SMILES string of the molecule is CCCNCC(O)c1c(F)cccc1Cl. The number of nitrogens with one attached hydrogen (secondary N) is 1. The van der Waals surface area contributed by atoms with Gasteiger partial charge >= 0.3 is 0 Å². The molecule has 1 aromatic rings. The second kappa shape index (κ2) is 6.05. The Kier molecular flexibility index (Phi) is 5.02. The molecule has 0 spiro atoms. The molecule has 1 unspecified atom stereocenters. The summed E-state index contributed by atoms with van der Waals surface area (Å²) in [5, 5.41) is 13.0. The molecular formula is C11H15ClFNO. The minimum absolute atomic E-state index is 0.169. The van der Waals surface area contributed by atoms with E-state index in [0.29, 0.717) is 6.54 Å². The second-order valence-electron chi connectivity index (χ2n) is 3.36. The Labute approximate surface area is 94.1 Å². The summed E-state index contributed by atoms with van der Waals surface area (Å²) < 4.78 is 13.3. The van der Waals surface area contributed by atoms with Gasteiger partial charge in [-0.1, -0.05) is 24.6 Å². The van der Waals surface area contributed by atoms with Crippen LogP contribution in [0.15, 0.2) is 18.2 Å². The van der Waals surface area contributed by atoms with Crippen LogP contribution in [0.5, 0.6) is 0 Å². The Balaban J connectivity index is 2.68. The summed E-state index contributed by atoms with van der Waals surface area (Å²) in [6.45, 7) is 3.13. The molecule has 0 heterocycles. The average molecular weight is 232 g/mol. The lowest BCUT2D eigenvalue weighted by atomic mass is 10.1. The van der Waals surface area contributed by atoms with Crippen molar-refractivity contribution in [3.8, 4) is 0 Å². The highest BCUT2D eigenvalue weighted by molar-refractivity contribution is 6.31. The zero-order chi connectivity index (χ0) is 11.3. The molecule has 1 atom stereocenters. The fraction of sp³-hybridized carbons (Fsp3) is 0.455. The lowest BCUT2D eigenvalue weighted by molar-refractivity contribution is 0.170. The molecule has 2 N–H and O–H groups in total. The van der Waals surface area contributed by atoms with E-state index in [-0.39, 0.29) is 10.6 Å². The normalized spacial score (nSPS) is 12.8. The van der Waals surface area contributed by atoms with Crippen LogP contribution in [0.2, 0.25) is 5.02 Å². The van der Waals surface area contributed by atoms with E-state index < -0.39 is 11.9 Å². The molecule has 84 valence electrons. The first-order valence-electron chi connectivity index (χ1n) is 4.99. The fourth-order valence-electron chi connectivity index (χ4n) is 1.35. The highest BCUT2D eigenvalue weighted by Gasteiger charge is 2.15. The van der Waals surface area contributed by atoms with Crippen molar-refractivity contribution in [1.29, 1.82) is 0 Å². The van der Waals surface area contributed by atoms with E-state index >= 15 is 0 Å². The number of aliphatic hydroxyl groups is 1. The standard InChI is InChI=1S/C11H15ClFNO/c1-2-6-14-7-10(15)11-8(12)4-3-5-9(11)13/h3-5,10,14-15H,2,6-7H2,1H3. The van der Waals surface area contributed by atoms with Crippen LogP contribution in [0, 0.1) is 5.82 Å². The maximum atomic E-state index is 13.3. The van der Waals surface area contributed by atoms with Crippen molar-refractivity contribution >= 4 is 11.6 Å². The molecule has 0 radical (unpaired) electrons. The zero-order valence-corrected chi connectivity index (χ0v) is 9.39. The molecule has 4 heteroatoms. The Hall–Kier alpha value is -0.640. The average Bonchev–Trinajstić information content (AvgIpc) is 2.18. The molecule has 0 amide bonds. The van der Waals surface area contributed by atoms with Crippen molar-refractivity contribution < 1.29 is 9.50 Å². The van der Waals surface area contributed by atoms with E-state index in [1.165, 1.54) is 12.1 Å². The molecule has 0 aliphatic carbocycles. The Bertz CT molecular complexity index is 299. The van der Waals surface area contributed by atoms with E-state index in [9.17, 15) is 9.50 Å². The summed E-state index contributed by atoms with van der Waals surface area (Å²) in [6, 6.07) is 4.39.